The number of nitrogens with zero attached hydrogens (tertiary/aromatic N) is 1. The topological polar surface area (TPSA) is 86.8 Å². The summed E-state index contributed by atoms with van der Waals surface area (Å²) in [5.74, 6) is 1.73. The Morgan fingerprint density at radius 2 is 1.90 bits per heavy atom. The molecule has 2 aromatic rings. The maximum Gasteiger partial charge on any atom is 0.319 e. The number of rotatable bonds is 7. The van der Waals surface area contributed by atoms with Gasteiger partial charge < -0.3 is 26.0 Å². The van der Waals surface area contributed by atoms with Crippen molar-refractivity contribution in [3.05, 3.63) is 59.7 Å². The summed E-state index contributed by atoms with van der Waals surface area (Å²) < 4.78 is 5.98. The molecule has 0 aliphatic carbocycles. The van der Waals surface area contributed by atoms with Crippen LogP contribution in [0.15, 0.2) is 53.5 Å². The first-order valence-electron chi connectivity index (χ1n) is 10.5. The van der Waals surface area contributed by atoms with Crippen molar-refractivity contribution in [3.63, 3.8) is 0 Å². The minimum Gasteiger partial charge on any atom is -0.488 e. The van der Waals surface area contributed by atoms with Gasteiger partial charge in [-0.2, -0.15) is 0 Å². The van der Waals surface area contributed by atoms with E-state index in [-0.39, 0.29) is 18.2 Å². The number of amides is 2. The third-order valence-corrected chi connectivity index (χ3v) is 4.61. The molecule has 1 aliphatic heterocycles. The number of carbonyl (C=O) groups is 1. The van der Waals surface area contributed by atoms with Crippen LogP contribution < -0.4 is 26.0 Å². The van der Waals surface area contributed by atoms with Crippen molar-refractivity contribution in [2.45, 2.75) is 45.9 Å². The summed E-state index contributed by atoms with van der Waals surface area (Å²) >= 11 is 0. The summed E-state index contributed by atoms with van der Waals surface area (Å²) in [4.78, 5) is 16.4. The average molecular weight is 410 g/mol. The molecule has 1 aliphatic rings. The van der Waals surface area contributed by atoms with Gasteiger partial charge in [0.2, 0.25) is 0 Å². The molecule has 7 heteroatoms. The summed E-state index contributed by atoms with van der Waals surface area (Å²) in [6, 6.07) is 15.8. The van der Waals surface area contributed by atoms with E-state index >= 15 is 0 Å². The number of anilines is 1. The summed E-state index contributed by atoms with van der Waals surface area (Å²) in [6.07, 6.45) is 1.01. The van der Waals surface area contributed by atoms with E-state index in [2.05, 4.69) is 32.3 Å². The number of aliphatic imine (C=N–C) groups is 1. The van der Waals surface area contributed by atoms with Crippen LogP contribution in [0.4, 0.5) is 10.5 Å². The third kappa shape index (κ3) is 6.40. The molecule has 0 aromatic heterocycles. The number of fused-ring (bicyclic) bond motifs is 1. The lowest BCUT2D eigenvalue weighted by Gasteiger charge is -2.15. The maximum absolute atomic E-state index is 11.8. The third-order valence-electron chi connectivity index (χ3n) is 4.61. The van der Waals surface area contributed by atoms with Gasteiger partial charge in [0.15, 0.2) is 5.96 Å². The highest BCUT2D eigenvalue weighted by molar-refractivity contribution is 5.89. The van der Waals surface area contributed by atoms with Gasteiger partial charge in [0, 0.05) is 24.7 Å². The van der Waals surface area contributed by atoms with E-state index in [4.69, 9.17) is 4.74 Å². The number of hydrogen-bond donors (Lipinski definition) is 4. The van der Waals surface area contributed by atoms with Gasteiger partial charge in [-0.3, -0.25) is 0 Å². The monoisotopic (exact) mass is 409 g/mol. The molecule has 1 heterocycles. The quantitative estimate of drug-likeness (QED) is 0.418. The fourth-order valence-electron chi connectivity index (χ4n) is 3.21. The molecule has 2 amide bonds. The molecular formula is C23H31N5O2. The van der Waals surface area contributed by atoms with Crippen molar-refractivity contribution in [3.8, 4) is 5.75 Å². The zero-order chi connectivity index (χ0) is 21.3. The van der Waals surface area contributed by atoms with Crippen molar-refractivity contribution in [2.75, 3.05) is 18.4 Å². The highest BCUT2D eigenvalue weighted by Gasteiger charge is 2.22. The van der Waals surface area contributed by atoms with E-state index in [1.54, 1.807) is 0 Å². The van der Waals surface area contributed by atoms with Crippen LogP contribution in [0, 0.1) is 0 Å². The molecule has 30 heavy (non-hydrogen) atoms. The Balaban J connectivity index is 1.50. The Hall–Kier alpha value is -3.22. The van der Waals surface area contributed by atoms with Gasteiger partial charge in [-0.05, 0) is 50.1 Å². The highest BCUT2D eigenvalue weighted by atomic mass is 16.5. The fraction of sp³-hybridized carbons (Fsp3) is 0.391. The molecule has 160 valence electrons. The van der Waals surface area contributed by atoms with Crippen molar-refractivity contribution < 1.29 is 9.53 Å². The second kappa shape index (κ2) is 10.5. The van der Waals surface area contributed by atoms with Crippen molar-refractivity contribution in [1.29, 1.82) is 0 Å². The van der Waals surface area contributed by atoms with E-state index in [0.29, 0.717) is 13.1 Å². The van der Waals surface area contributed by atoms with Gasteiger partial charge in [-0.15, -0.1) is 0 Å². The Bertz CT molecular complexity index is 839. The van der Waals surface area contributed by atoms with Gasteiger partial charge in [0.1, 0.15) is 11.9 Å². The zero-order valence-electron chi connectivity index (χ0n) is 17.9. The predicted octanol–water partition coefficient (Wildman–Crippen LogP) is 3.28. The van der Waals surface area contributed by atoms with Crippen LogP contribution in [0.25, 0.3) is 0 Å². The van der Waals surface area contributed by atoms with Crippen LogP contribution in [0.5, 0.6) is 5.75 Å². The van der Waals surface area contributed by atoms with Gasteiger partial charge in [-0.1, -0.05) is 30.3 Å². The number of ether oxygens (including phenoxy) is 1. The number of hydrogen-bond acceptors (Lipinski definition) is 3. The summed E-state index contributed by atoms with van der Waals surface area (Å²) in [6.45, 7) is 7.91. The molecular weight excluding hydrogens is 378 g/mol. The molecule has 4 N–H and O–H groups in total. The van der Waals surface area contributed by atoms with Crippen molar-refractivity contribution in [1.82, 2.24) is 16.0 Å². The molecule has 0 bridgehead atoms. The smallest absolute Gasteiger partial charge is 0.319 e. The molecule has 0 spiro atoms. The van der Waals surface area contributed by atoms with E-state index in [9.17, 15) is 4.79 Å². The standard InChI is InChI=1S/C23H31N5O2/c1-4-24-22(26-15-20-13-18-7-5-6-8-21(18)30-20)25-14-17-9-11-19(12-10-17)28-23(29)27-16(2)3/h5-12,16,20H,4,13-15H2,1-3H3,(H2,24,25,26)(H2,27,28,29). The lowest BCUT2D eigenvalue weighted by atomic mass is 10.1. The van der Waals surface area contributed by atoms with Gasteiger partial charge in [0.05, 0.1) is 13.1 Å². The average Bonchev–Trinajstić information content (AvgIpc) is 3.13. The molecule has 1 atom stereocenters. The number of guanidine groups is 1. The molecule has 2 aromatic carbocycles. The molecule has 0 saturated heterocycles. The van der Waals surface area contributed by atoms with Crippen LogP contribution >= 0.6 is 0 Å². The van der Waals surface area contributed by atoms with Crippen LogP contribution in [-0.4, -0.2) is 37.2 Å². The predicted molar refractivity (Wildman–Crippen MR) is 121 cm³/mol. The SMILES string of the molecule is CCNC(=NCc1ccc(NC(=O)NC(C)C)cc1)NCC1Cc2ccccc2O1. The molecule has 7 nitrogen and oxygen atoms in total. The summed E-state index contributed by atoms with van der Waals surface area (Å²) in [7, 11) is 0. The maximum atomic E-state index is 11.8. The minimum absolute atomic E-state index is 0.0967. The van der Waals surface area contributed by atoms with Crippen molar-refractivity contribution in [2.24, 2.45) is 4.99 Å². The van der Waals surface area contributed by atoms with E-state index < -0.39 is 0 Å². The first kappa shape index (κ1) is 21.5. The molecule has 0 saturated carbocycles. The highest BCUT2D eigenvalue weighted by Crippen LogP contribution is 2.27. The van der Waals surface area contributed by atoms with Gasteiger partial charge in [0.25, 0.3) is 0 Å². The minimum atomic E-state index is -0.203. The second-order valence-corrected chi connectivity index (χ2v) is 7.58. The zero-order valence-corrected chi connectivity index (χ0v) is 17.9. The number of carbonyl (C=O) groups excluding carboxylic acids is 1. The van der Waals surface area contributed by atoms with Crippen LogP contribution in [-0.2, 0) is 13.0 Å². The van der Waals surface area contributed by atoms with Crippen LogP contribution in [0.2, 0.25) is 0 Å². The molecule has 1 unspecified atom stereocenters. The number of nitrogens with one attached hydrogen (secondary N) is 4. The van der Waals surface area contributed by atoms with Gasteiger partial charge in [-0.25, -0.2) is 9.79 Å². The number of urea groups is 1. The molecule has 0 fully saturated rings. The van der Waals surface area contributed by atoms with E-state index in [0.717, 1.165) is 35.9 Å². The molecule has 3 rings (SSSR count). The molecule has 0 radical (unpaired) electrons. The lowest BCUT2D eigenvalue weighted by Crippen LogP contribution is -2.42. The van der Waals surface area contributed by atoms with E-state index in [1.807, 2.05) is 63.2 Å². The van der Waals surface area contributed by atoms with Crippen LogP contribution in [0.3, 0.4) is 0 Å². The Labute approximate surface area is 178 Å². The Kier molecular flexibility index (Phi) is 7.54. The number of benzene rings is 2. The van der Waals surface area contributed by atoms with E-state index in [1.165, 1.54) is 5.56 Å². The Morgan fingerprint density at radius 1 is 1.13 bits per heavy atom. The van der Waals surface area contributed by atoms with Gasteiger partial charge >= 0.3 is 6.03 Å². The largest absolute Gasteiger partial charge is 0.488 e. The number of para-hydroxylation sites is 1. The Morgan fingerprint density at radius 3 is 2.60 bits per heavy atom. The lowest BCUT2D eigenvalue weighted by molar-refractivity contribution is 0.235. The summed E-state index contributed by atoms with van der Waals surface area (Å²) in [5.41, 5.74) is 3.07. The first-order chi connectivity index (χ1) is 14.5. The normalized spacial score (nSPS) is 15.3. The fourth-order valence-corrected chi connectivity index (χ4v) is 3.21. The summed E-state index contributed by atoms with van der Waals surface area (Å²) in [5, 5.41) is 12.3. The van der Waals surface area contributed by atoms with Crippen LogP contribution in [0.1, 0.15) is 31.9 Å². The first-order valence-corrected chi connectivity index (χ1v) is 10.5. The second-order valence-electron chi connectivity index (χ2n) is 7.58. The van der Waals surface area contributed by atoms with Crippen molar-refractivity contribution >= 4 is 17.7 Å².